The lowest BCUT2D eigenvalue weighted by molar-refractivity contribution is -0.147. The highest BCUT2D eigenvalue weighted by molar-refractivity contribution is 6.18. The monoisotopic (exact) mass is 515 g/mol. The first kappa shape index (κ1) is 30.0. The highest BCUT2D eigenvalue weighted by Gasteiger charge is 2.19. The number of carbonyl (C=O) groups excluding carboxylic acids is 2. The number of amides is 1. The van der Waals surface area contributed by atoms with E-state index in [9.17, 15) is 9.59 Å². The number of benzene rings is 1. The van der Waals surface area contributed by atoms with E-state index >= 15 is 0 Å². The molecule has 0 aliphatic rings. The first-order valence-corrected chi connectivity index (χ1v) is 12.6. The van der Waals surface area contributed by atoms with Gasteiger partial charge in [-0.15, -0.1) is 23.2 Å². The number of esters is 1. The minimum atomic E-state index is -0.837. The van der Waals surface area contributed by atoms with Crippen molar-refractivity contribution in [3.05, 3.63) is 24.0 Å². The number of rotatable bonds is 11. The number of halogens is 2. The van der Waals surface area contributed by atoms with Crippen molar-refractivity contribution in [2.75, 3.05) is 36.3 Å². The Labute approximate surface area is 213 Å². The summed E-state index contributed by atoms with van der Waals surface area (Å²) in [6, 6.07) is 5.12. The van der Waals surface area contributed by atoms with Gasteiger partial charge in [0.1, 0.15) is 12.4 Å². The molecule has 0 fully saturated rings. The fourth-order valence-corrected chi connectivity index (χ4v) is 3.48. The van der Waals surface area contributed by atoms with Crippen LogP contribution in [0.1, 0.15) is 40.4 Å². The zero-order valence-corrected chi connectivity index (χ0v) is 22.6. The van der Waals surface area contributed by atoms with Crippen molar-refractivity contribution in [2.24, 2.45) is 18.7 Å². The predicted molar refractivity (Wildman–Crippen MR) is 141 cm³/mol. The van der Waals surface area contributed by atoms with E-state index in [1.807, 2.05) is 29.8 Å². The quantitative estimate of drug-likeness (QED) is 0.350. The Balaban J connectivity index is 0.00000133. The molecule has 34 heavy (non-hydrogen) atoms. The van der Waals surface area contributed by atoms with Crippen LogP contribution in [-0.2, 0) is 27.8 Å². The van der Waals surface area contributed by atoms with Crippen LogP contribution in [0.2, 0.25) is 0 Å². The summed E-state index contributed by atoms with van der Waals surface area (Å²) in [5.74, 6) is 1.57. The average Bonchev–Trinajstić information content (AvgIpc) is 3.05. The molecule has 1 amide bonds. The van der Waals surface area contributed by atoms with Crippen LogP contribution in [0.15, 0.2) is 18.2 Å². The van der Waals surface area contributed by atoms with Gasteiger partial charge in [-0.1, -0.05) is 20.8 Å². The van der Waals surface area contributed by atoms with E-state index in [4.69, 9.17) is 33.7 Å². The molecule has 10 heteroatoms. The van der Waals surface area contributed by atoms with Gasteiger partial charge >= 0.3 is 5.97 Å². The third-order valence-corrected chi connectivity index (χ3v) is 4.88. The molecule has 1 heterocycles. The summed E-state index contributed by atoms with van der Waals surface area (Å²) in [6.07, 6.45) is -0.00341. The van der Waals surface area contributed by atoms with Crippen LogP contribution in [0.4, 0.5) is 5.69 Å². The van der Waals surface area contributed by atoms with Crippen LogP contribution in [0, 0.1) is 5.92 Å². The molecular weight excluding hydrogens is 477 g/mol. The lowest BCUT2D eigenvalue weighted by Gasteiger charge is -2.22. The van der Waals surface area contributed by atoms with Gasteiger partial charge in [-0.3, -0.25) is 9.59 Å². The zero-order valence-electron chi connectivity index (χ0n) is 21.1. The summed E-state index contributed by atoms with van der Waals surface area (Å²) in [5.41, 5.74) is 8.74. The standard InChI is InChI=1S/C20H29Cl2N5O3.C4H10/c1-13(2)30-19(28)12-24-20(29)15(23)11-18-25-16-10-14(4-5-17(16)26(18)3)27(8-6-21)9-7-22;1-4(2)3/h4-5,10,13,15H,6-9,11-12,23H2,1-3H3,(H,24,29);4H,1-3H3. The summed E-state index contributed by atoms with van der Waals surface area (Å²) in [4.78, 5) is 30.6. The first-order chi connectivity index (χ1) is 16.0. The van der Waals surface area contributed by atoms with Crippen LogP contribution in [-0.4, -0.2) is 65.0 Å². The molecule has 0 aliphatic carbocycles. The molecule has 0 saturated heterocycles. The normalized spacial score (nSPS) is 11.9. The topological polar surface area (TPSA) is 102 Å². The summed E-state index contributed by atoms with van der Waals surface area (Å²) >= 11 is 11.8. The molecule has 1 unspecified atom stereocenters. The number of nitrogens with zero attached hydrogens (tertiary/aromatic N) is 3. The van der Waals surface area contributed by atoms with Crippen molar-refractivity contribution >= 4 is 51.8 Å². The van der Waals surface area contributed by atoms with Gasteiger partial charge in [0.15, 0.2) is 0 Å². The molecule has 0 saturated carbocycles. The van der Waals surface area contributed by atoms with E-state index in [1.54, 1.807) is 13.8 Å². The molecule has 3 N–H and O–H groups in total. The number of hydrogen-bond donors (Lipinski definition) is 2. The summed E-state index contributed by atoms with van der Waals surface area (Å²) in [6.45, 7) is 11.1. The smallest absolute Gasteiger partial charge is 0.325 e. The van der Waals surface area contributed by atoms with E-state index in [2.05, 4.69) is 36.0 Å². The highest BCUT2D eigenvalue weighted by atomic mass is 35.5. The van der Waals surface area contributed by atoms with Gasteiger partial charge in [-0.25, -0.2) is 4.98 Å². The Hall–Kier alpha value is -2.03. The molecule has 2 aromatic rings. The molecular formula is C24H39Cl2N5O3. The highest BCUT2D eigenvalue weighted by Crippen LogP contribution is 2.23. The maximum atomic E-state index is 12.2. The molecule has 0 spiro atoms. The maximum Gasteiger partial charge on any atom is 0.325 e. The molecule has 1 aromatic heterocycles. The number of fused-ring (bicyclic) bond motifs is 1. The number of anilines is 1. The van der Waals surface area contributed by atoms with Crippen LogP contribution in [0.25, 0.3) is 11.0 Å². The van der Waals surface area contributed by atoms with E-state index in [-0.39, 0.29) is 19.1 Å². The number of imidazole rings is 1. The van der Waals surface area contributed by atoms with Crippen LogP contribution in [0.3, 0.4) is 0 Å². The van der Waals surface area contributed by atoms with Gasteiger partial charge in [-0.05, 0) is 38.0 Å². The first-order valence-electron chi connectivity index (χ1n) is 11.5. The third kappa shape index (κ3) is 10.1. The number of alkyl halides is 2. The average molecular weight is 517 g/mol. The zero-order chi connectivity index (χ0) is 25.8. The Morgan fingerprint density at radius 1 is 1.15 bits per heavy atom. The van der Waals surface area contributed by atoms with Gasteiger partial charge in [0.05, 0.1) is 23.2 Å². The predicted octanol–water partition coefficient (Wildman–Crippen LogP) is 3.46. The lowest BCUT2D eigenvalue weighted by Crippen LogP contribution is -2.44. The second-order valence-electron chi connectivity index (χ2n) is 8.92. The number of aryl methyl sites for hydroxylation is 1. The summed E-state index contributed by atoms with van der Waals surface area (Å²) in [5, 5.41) is 2.51. The Morgan fingerprint density at radius 3 is 2.26 bits per heavy atom. The van der Waals surface area contributed by atoms with Crippen molar-refractivity contribution < 1.29 is 14.3 Å². The van der Waals surface area contributed by atoms with Crippen LogP contribution < -0.4 is 16.0 Å². The van der Waals surface area contributed by atoms with E-state index < -0.39 is 17.9 Å². The molecule has 1 aromatic carbocycles. The van der Waals surface area contributed by atoms with Crippen molar-refractivity contribution in [3.8, 4) is 0 Å². The van der Waals surface area contributed by atoms with E-state index in [0.29, 0.717) is 30.7 Å². The van der Waals surface area contributed by atoms with Crippen molar-refractivity contribution in [1.82, 2.24) is 14.9 Å². The molecule has 2 rings (SSSR count). The Bertz CT molecular complexity index is 909. The largest absolute Gasteiger partial charge is 0.462 e. The summed E-state index contributed by atoms with van der Waals surface area (Å²) in [7, 11) is 1.88. The molecule has 0 aliphatic heterocycles. The van der Waals surface area contributed by atoms with Crippen molar-refractivity contribution in [2.45, 2.75) is 53.2 Å². The Morgan fingerprint density at radius 2 is 1.74 bits per heavy atom. The van der Waals surface area contributed by atoms with Gasteiger partial charge in [0, 0.05) is 44.0 Å². The fraction of sp³-hybridized carbons (Fsp3) is 0.625. The number of nitrogens with one attached hydrogen (secondary N) is 1. The van der Waals surface area contributed by atoms with Gasteiger partial charge in [0.25, 0.3) is 0 Å². The van der Waals surface area contributed by atoms with Gasteiger partial charge in [0.2, 0.25) is 5.91 Å². The van der Waals surface area contributed by atoms with Crippen LogP contribution >= 0.6 is 23.2 Å². The SMILES string of the molecule is CC(C)C.CC(C)OC(=O)CNC(=O)C(N)Cc1nc2cc(N(CCCl)CCCl)ccc2n1C. The number of hydrogen-bond acceptors (Lipinski definition) is 6. The van der Waals surface area contributed by atoms with Gasteiger partial charge in [-0.2, -0.15) is 0 Å². The minimum absolute atomic E-state index is 0.215. The van der Waals surface area contributed by atoms with E-state index in [0.717, 1.165) is 22.6 Å². The number of nitrogens with two attached hydrogens (primary N) is 1. The van der Waals surface area contributed by atoms with Gasteiger partial charge < -0.3 is 25.3 Å². The minimum Gasteiger partial charge on any atom is -0.462 e. The summed E-state index contributed by atoms with van der Waals surface area (Å²) < 4.78 is 6.90. The molecule has 8 nitrogen and oxygen atoms in total. The number of aromatic nitrogens is 2. The fourth-order valence-electron chi connectivity index (χ4n) is 3.08. The third-order valence-electron chi connectivity index (χ3n) is 4.54. The molecule has 1 atom stereocenters. The molecule has 0 radical (unpaired) electrons. The van der Waals surface area contributed by atoms with Crippen molar-refractivity contribution in [1.29, 1.82) is 0 Å². The van der Waals surface area contributed by atoms with Crippen molar-refractivity contribution in [3.63, 3.8) is 0 Å². The molecule has 192 valence electrons. The second kappa shape index (κ2) is 15.1. The van der Waals surface area contributed by atoms with Crippen LogP contribution in [0.5, 0.6) is 0 Å². The lowest BCUT2D eigenvalue weighted by atomic mass is 10.2. The number of ether oxygens (including phenoxy) is 1. The molecule has 0 bridgehead atoms. The second-order valence-corrected chi connectivity index (χ2v) is 9.68. The maximum absolute atomic E-state index is 12.2. The Kier molecular flexibility index (Phi) is 13.3. The van der Waals surface area contributed by atoms with E-state index in [1.165, 1.54) is 0 Å². The number of carbonyl (C=O) groups is 2.